The molecular weight excluding hydrogens is 1060 g/mol. The molecule has 5 aliphatic rings. The first-order valence-electron chi connectivity index (χ1n) is 35.0. The molecule has 5 fully saturated rings. The van der Waals surface area contributed by atoms with Crippen LogP contribution in [0.3, 0.4) is 0 Å². The second-order valence-electron chi connectivity index (χ2n) is 28.5. The summed E-state index contributed by atoms with van der Waals surface area (Å²) in [5.41, 5.74) is 3.50. The fraction of sp³-hybridized carbons (Fsp3) is 0.737. The maximum atomic E-state index is 14.5. The van der Waals surface area contributed by atoms with E-state index in [-0.39, 0.29) is 44.4 Å². The Labute approximate surface area is 515 Å². The summed E-state index contributed by atoms with van der Waals surface area (Å²) in [5.74, 6) is 4.37. The molecule has 0 saturated heterocycles. The molecule has 85 heavy (non-hydrogen) atoms. The van der Waals surface area contributed by atoms with Crippen LogP contribution in [0.5, 0.6) is 0 Å². The van der Waals surface area contributed by atoms with Gasteiger partial charge >= 0.3 is 11.9 Å². The number of aliphatic hydroxyl groups is 1. The molecule has 9 heteroatoms. The third kappa shape index (κ3) is 19.4. The van der Waals surface area contributed by atoms with Gasteiger partial charge < -0.3 is 33.5 Å². The van der Waals surface area contributed by atoms with Crippen LogP contribution in [0.25, 0.3) is 0 Å². The predicted octanol–water partition coefficient (Wildman–Crippen LogP) is 18.5. The molecule has 3 aromatic rings. The van der Waals surface area contributed by atoms with Crippen molar-refractivity contribution in [3.8, 4) is 0 Å². The van der Waals surface area contributed by atoms with Gasteiger partial charge in [-0.25, -0.2) is 4.79 Å². The van der Waals surface area contributed by atoms with Crippen LogP contribution in [-0.4, -0.2) is 66.4 Å². The zero-order valence-corrected chi connectivity index (χ0v) is 54.0. The lowest BCUT2D eigenvalue weighted by Gasteiger charge is -2.61. The third-order valence-corrected chi connectivity index (χ3v) is 22.1. The van der Waals surface area contributed by atoms with Crippen LogP contribution in [-0.2, 0) is 57.8 Å². The largest absolute Gasteiger partial charge is 0.455 e. The predicted molar refractivity (Wildman–Crippen MR) is 342 cm³/mol. The summed E-state index contributed by atoms with van der Waals surface area (Å²) in [6, 6.07) is 29.5. The molecule has 6 unspecified atom stereocenters. The Morgan fingerprint density at radius 1 is 0.494 bits per heavy atom. The van der Waals surface area contributed by atoms with Crippen molar-refractivity contribution in [1.29, 1.82) is 0 Å². The quantitative estimate of drug-likeness (QED) is 0.0446. The molecule has 0 aliphatic heterocycles. The zero-order chi connectivity index (χ0) is 59.9. The van der Waals surface area contributed by atoms with E-state index < -0.39 is 48.6 Å². The number of hydrogen-bond acceptors (Lipinski definition) is 9. The smallest absolute Gasteiger partial charge is 0.332 e. The Balaban J connectivity index is 0.906. The number of esters is 2. The van der Waals surface area contributed by atoms with Crippen molar-refractivity contribution in [3.05, 3.63) is 108 Å². The minimum atomic E-state index is -1.44. The molecule has 0 radical (unpaired) electrons. The maximum Gasteiger partial charge on any atom is 0.332 e. The molecule has 0 spiro atoms. The molecule has 1 N–H and O–H groups in total. The summed E-state index contributed by atoms with van der Waals surface area (Å²) >= 11 is 0. The van der Waals surface area contributed by atoms with Crippen LogP contribution >= 0.6 is 0 Å². The fourth-order valence-corrected chi connectivity index (χ4v) is 17.3. The zero-order valence-electron chi connectivity index (χ0n) is 54.0. The second kappa shape index (κ2) is 35.0. The summed E-state index contributed by atoms with van der Waals surface area (Å²) < 4.78 is 39.9. The van der Waals surface area contributed by atoms with Crippen LogP contribution < -0.4 is 0 Å². The normalized spacial score (nSPS) is 30.3. The van der Waals surface area contributed by atoms with Gasteiger partial charge in [-0.3, -0.25) is 4.79 Å². The Kier molecular flexibility index (Phi) is 27.7. The van der Waals surface area contributed by atoms with Gasteiger partial charge in [0, 0.05) is 6.42 Å². The highest BCUT2D eigenvalue weighted by atomic mass is 16.6. The molecule has 0 amide bonds. The van der Waals surface area contributed by atoms with E-state index in [1.807, 2.05) is 91.0 Å². The number of benzene rings is 3. The highest BCUT2D eigenvalue weighted by Gasteiger charge is 2.61. The number of carbonyl (C=O) groups excluding carboxylic acids is 2. The van der Waals surface area contributed by atoms with E-state index in [1.165, 1.54) is 141 Å². The van der Waals surface area contributed by atoms with Gasteiger partial charge in [-0.2, -0.15) is 0 Å². The van der Waals surface area contributed by atoms with Crippen LogP contribution in [0.4, 0.5) is 0 Å². The summed E-state index contributed by atoms with van der Waals surface area (Å²) in [4.78, 5) is 28.7. The lowest BCUT2D eigenvalue weighted by Crippen LogP contribution is -2.67. The van der Waals surface area contributed by atoms with Crippen molar-refractivity contribution in [3.63, 3.8) is 0 Å². The highest BCUT2D eigenvalue weighted by molar-refractivity contribution is 5.71. The topological polar surface area (TPSA) is 110 Å². The number of aliphatic hydroxyl groups excluding tert-OH is 1. The Bertz CT molecular complexity index is 2330. The van der Waals surface area contributed by atoms with Crippen molar-refractivity contribution < 1.29 is 43.1 Å². The summed E-state index contributed by atoms with van der Waals surface area (Å²) in [5, 5.41) is 12.7. The van der Waals surface area contributed by atoms with Crippen molar-refractivity contribution >= 4 is 11.9 Å². The highest BCUT2D eigenvalue weighted by Crippen LogP contribution is 2.68. The van der Waals surface area contributed by atoms with Crippen LogP contribution in [0.1, 0.15) is 251 Å². The van der Waals surface area contributed by atoms with E-state index in [9.17, 15) is 14.7 Å². The molecular formula is C76H116O9. The SMILES string of the molecule is CCCCCCCCCCCCCCCCCCCC(=O)O[C@@H]1C(OCc2ccccc2)[C@@H](OCc2ccccc2)[C@H](OCc2ccccc2)[C@@H](O)[C@@H]1OC(=O)CO[C@H]1CC[C@@]2(C)C(CCC3C2CC[C@@]2(C)C3CC[C@@H]2C(C)CCCC(C)C)C1. The number of rotatable bonds is 37. The minimum Gasteiger partial charge on any atom is -0.455 e. The first-order valence-corrected chi connectivity index (χ1v) is 35.0. The van der Waals surface area contributed by atoms with E-state index in [0.29, 0.717) is 17.8 Å². The van der Waals surface area contributed by atoms with E-state index in [4.69, 9.17) is 28.4 Å². The van der Waals surface area contributed by atoms with Crippen LogP contribution in [0.2, 0.25) is 0 Å². The summed E-state index contributed by atoms with van der Waals surface area (Å²) in [7, 11) is 0. The molecule has 3 aromatic carbocycles. The number of unbranched alkanes of at least 4 members (excludes halogenated alkanes) is 16. The standard InChI is InChI=1S/C76H116O9/c1-7-8-9-10-11-12-13-14-15-16-17-18-19-20-21-22-32-42-67(77)84-74-71(69(79)70(81-52-58-36-26-23-27-37-58)72(82-53-59-38-28-24-29-39-59)73(74)83-54-60-40-30-25-31-41-60)85-68(78)55-80-62-47-49-75(5)61(51-62)43-44-63-65-46-45-64(57(4)35-33-34-56(2)3)76(65,6)50-48-66(63)75/h23-31,36-41,56-57,61-66,69-74,79H,7-22,32-35,42-55H2,1-6H3/t57?,61?,62-,63?,64+,65?,66?,69+,70+,71-,72-,73?,74-,75-,76+/m0/s1. The van der Waals surface area contributed by atoms with E-state index in [1.54, 1.807) is 0 Å². The monoisotopic (exact) mass is 1170 g/mol. The van der Waals surface area contributed by atoms with Crippen LogP contribution in [0.15, 0.2) is 91.0 Å². The molecule has 9 nitrogen and oxygen atoms in total. The van der Waals surface area contributed by atoms with Gasteiger partial charge in [0.1, 0.15) is 31.0 Å². The summed E-state index contributed by atoms with van der Waals surface area (Å²) in [6.45, 7) is 15.1. The van der Waals surface area contributed by atoms with Gasteiger partial charge in [-0.15, -0.1) is 0 Å². The number of carbonyl (C=O) groups is 2. The molecule has 5 saturated carbocycles. The van der Waals surface area contributed by atoms with E-state index >= 15 is 0 Å². The Hall–Kier alpha value is -3.60. The van der Waals surface area contributed by atoms with Crippen molar-refractivity contribution in [1.82, 2.24) is 0 Å². The maximum absolute atomic E-state index is 14.5. The molecule has 0 aromatic heterocycles. The van der Waals surface area contributed by atoms with Gasteiger partial charge in [0.05, 0.1) is 25.9 Å². The molecule has 0 heterocycles. The lowest BCUT2D eigenvalue weighted by molar-refractivity contribution is -0.273. The first-order chi connectivity index (χ1) is 41.4. The number of ether oxygens (including phenoxy) is 6. The average Bonchev–Trinajstić information content (AvgIpc) is 1.78. The Morgan fingerprint density at radius 2 is 0.976 bits per heavy atom. The average molecular weight is 1170 g/mol. The fourth-order valence-electron chi connectivity index (χ4n) is 17.3. The van der Waals surface area contributed by atoms with Crippen molar-refractivity contribution in [2.24, 2.45) is 52.3 Å². The molecule has 0 bridgehead atoms. The van der Waals surface area contributed by atoms with E-state index in [0.717, 1.165) is 90.7 Å². The van der Waals surface area contributed by atoms with E-state index in [2.05, 4.69) is 41.5 Å². The Morgan fingerprint density at radius 3 is 1.52 bits per heavy atom. The molecule has 8 rings (SSSR count). The van der Waals surface area contributed by atoms with Crippen molar-refractivity contribution in [2.45, 2.75) is 297 Å². The first kappa shape index (κ1) is 67.3. The van der Waals surface area contributed by atoms with Crippen LogP contribution in [0, 0.1) is 52.3 Å². The van der Waals surface area contributed by atoms with Gasteiger partial charge in [0.25, 0.3) is 0 Å². The second-order valence-corrected chi connectivity index (χ2v) is 28.5. The lowest BCUT2D eigenvalue weighted by atomic mass is 9.44. The minimum absolute atomic E-state index is 0.0623. The molecule has 5 aliphatic carbocycles. The third-order valence-electron chi connectivity index (χ3n) is 22.1. The van der Waals surface area contributed by atoms with Gasteiger partial charge in [-0.05, 0) is 133 Å². The molecule has 15 atom stereocenters. The van der Waals surface area contributed by atoms with Gasteiger partial charge in [0.15, 0.2) is 12.2 Å². The van der Waals surface area contributed by atoms with Crippen molar-refractivity contribution in [2.75, 3.05) is 6.61 Å². The number of fused-ring (bicyclic) bond motifs is 5. The molecule has 474 valence electrons. The summed E-state index contributed by atoms with van der Waals surface area (Å²) in [6.07, 6.45) is 29.7. The van der Waals surface area contributed by atoms with Gasteiger partial charge in [0.2, 0.25) is 0 Å². The number of hydrogen-bond donors (Lipinski definition) is 1. The van der Waals surface area contributed by atoms with Gasteiger partial charge in [-0.1, -0.05) is 255 Å².